The van der Waals surface area contributed by atoms with Crippen LogP contribution in [0.4, 0.5) is 5.82 Å². The fourth-order valence-electron chi connectivity index (χ4n) is 4.95. The summed E-state index contributed by atoms with van der Waals surface area (Å²) in [7, 11) is 0. The predicted molar refractivity (Wildman–Crippen MR) is 138 cm³/mol. The van der Waals surface area contributed by atoms with Crippen LogP contribution in [0.1, 0.15) is 29.2 Å². The molecule has 0 amide bonds. The maximum absolute atomic E-state index is 5.22. The van der Waals surface area contributed by atoms with Gasteiger partial charge in [-0.3, -0.25) is 4.98 Å². The molecule has 1 aliphatic heterocycles. The lowest BCUT2D eigenvalue weighted by Crippen LogP contribution is -2.44. The summed E-state index contributed by atoms with van der Waals surface area (Å²) in [6, 6.07) is 8.52. The fourth-order valence-corrected chi connectivity index (χ4v) is 5.79. The summed E-state index contributed by atoms with van der Waals surface area (Å²) in [5.74, 6) is 2.36. The van der Waals surface area contributed by atoms with Crippen molar-refractivity contribution in [1.29, 1.82) is 0 Å². The Hall–Kier alpha value is -3.36. The van der Waals surface area contributed by atoms with E-state index in [4.69, 9.17) is 9.97 Å². The summed E-state index contributed by atoms with van der Waals surface area (Å²) in [5.41, 5.74) is 5.16. The molecule has 2 aliphatic rings. The molecule has 6 heterocycles. The van der Waals surface area contributed by atoms with E-state index in [1.54, 1.807) is 11.3 Å². The van der Waals surface area contributed by atoms with Gasteiger partial charge >= 0.3 is 0 Å². The van der Waals surface area contributed by atoms with Gasteiger partial charge in [0.1, 0.15) is 11.5 Å². The molecule has 7 nitrogen and oxygen atoms in total. The Morgan fingerprint density at radius 3 is 2.74 bits per heavy atom. The Morgan fingerprint density at radius 1 is 1.06 bits per heavy atom. The number of H-pyrrole nitrogens is 1. The van der Waals surface area contributed by atoms with E-state index in [9.17, 15) is 0 Å². The Bertz CT molecular complexity index is 1530. The average Bonchev–Trinajstić information content (AvgIpc) is 3.48. The predicted octanol–water partition coefficient (Wildman–Crippen LogP) is 4.89. The number of aromatic amines is 1. The molecule has 0 bridgehead atoms. The molecule has 1 saturated carbocycles. The SMILES string of the molecule is Cc1ccc(-c2cc3c(-c4nc(N5CCNCC5)c5c(C6CC6)cncc5n4)ccnc3[nH]2)s1. The van der Waals surface area contributed by atoms with Crippen molar-refractivity contribution in [2.24, 2.45) is 0 Å². The van der Waals surface area contributed by atoms with Gasteiger partial charge in [-0.1, -0.05) is 0 Å². The quantitative estimate of drug-likeness (QED) is 0.392. The first-order valence-corrected chi connectivity index (χ1v) is 12.7. The zero-order valence-electron chi connectivity index (χ0n) is 19.0. The van der Waals surface area contributed by atoms with Crippen LogP contribution >= 0.6 is 11.3 Å². The Kier molecular flexibility index (Phi) is 4.63. The number of aromatic nitrogens is 5. The van der Waals surface area contributed by atoms with E-state index in [2.05, 4.69) is 50.3 Å². The summed E-state index contributed by atoms with van der Waals surface area (Å²) in [5, 5.41) is 5.68. The van der Waals surface area contributed by atoms with Crippen LogP contribution in [-0.2, 0) is 0 Å². The number of rotatable bonds is 4. The number of nitrogens with one attached hydrogen (secondary N) is 2. The van der Waals surface area contributed by atoms with E-state index in [0.717, 1.165) is 65.6 Å². The molecule has 2 fully saturated rings. The van der Waals surface area contributed by atoms with Crippen molar-refractivity contribution in [3.05, 3.63) is 53.3 Å². The Labute approximate surface area is 201 Å². The topological polar surface area (TPSA) is 82.6 Å². The summed E-state index contributed by atoms with van der Waals surface area (Å²) in [6.45, 7) is 5.94. The third-order valence-electron chi connectivity index (χ3n) is 6.83. The highest BCUT2D eigenvalue weighted by Gasteiger charge is 2.29. The van der Waals surface area contributed by atoms with Crippen LogP contribution in [0.25, 0.3) is 43.9 Å². The number of hydrogen-bond acceptors (Lipinski definition) is 7. The van der Waals surface area contributed by atoms with Crippen LogP contribution < -0.4 is 10.2 Å². The second-order valence-corrected chi connectivity index (χ2v) is 10.5. The number of piperazine rings is 1. The van der Waals surface area contributed by atoms with Gasteiger partial charge in [-0.2, -0.15) is 0 Å². The van der Waals surface area contributed by atoms with Gasteiger partial charge in [-0.25, -0.2) is 15.0 Å². The van der Waals surface area contributed by atoms with Gasteiger partial charge in [-0.15, -0.1) is 11.3 Å². The molecule has 0 radical (unpaired) electrons. The molecule has 0 atom stereocenters. The third kappa shape index (κ3) is 3.36. The van der Waals surface area contributed by atoms with E-state index in [1.165, 1.54) is 33.5 Å². The lowest BCUT2D eigenvalue weighted by molar-refractivity contribution is 0.586. The van der Waals surface area contributed by atoms with Crippen LogP contribution in [0.3, 0.4) is 0 Å². The maximum atomic E-state index is 5.22. The van der Waals surface area contributed by atoms with Crippen molar-refractivity contribution < 1.29 is 0 Å². The Morgan fingerprint density at radius 2 is 1.94 bits per heavy atom. The van der Waals surface area contributed by atoms with Crippen molar-refractivity contribution in [2.75, 3.05) is 31.1 Å². The molecule has 2 N–H and O–H groups in total. The highest BCUT2D eigenvalue weighted by molar-refractivity contribution is 7.15. The van der Waals surface area contributed by atoms with Crippen LogP contribution in [0.5, 0.6) is 0 Å². The third-order valence-corrected chi connectivity index (χ3v) is 7.86. The second-order valence-electron chi connectivity index (χ2n) is 9.22. The minimum atomic E-state index is 0.585. The van der Waals surface area contributed by atoms with Crippen molar-refractivity contribution in [3.8, 4) is 22.0 Å². The molecule has 170 valence electrons. The fraction of sp³-hybridized carbons (Fsp3) is 0.308. The monoisotopic (exact) mass is 467 g/mol. The van der Waals surface area contributed by atoms with Gasteiger partial charge in [0.25, 0.3) is 0 Å². The zero-order valence-corrected chi connectivity index (χ0v) is 19.8. The number of nitrogens with zero attached hydrogens (tertiary/aromatic N) is 5. The van der Waals surface area contributed by atoms with Crippen LogP contribution in [0.15, 0.2) is 42.9 Å². The van der Waals surface area contributed by atoms with E-state index in [1.807, 2.05) is 24.7 Å². The number of pyridine rings is 2. The van der Waals surface area contributed by atoms with E-state index in [0.29, 0.717) is 5.92 Å². The molecule has 0 aromatic carbocycles. The lowest BCUT2D eigenvalue weighted by atomic mass is 10.1. The molecule has 0 unspecified atom stereocenters. The van der Waals surface area contributed by atoms with Gasteiger partial charge in [0.05, 0.1) is 22.3 Å². The van der Waals surface area contributed by atoms with Gasteiger partial charge in [0, 0.05) is 59.8 Å². The first-order valence-electron chi connectivity index (χ1n) is 11.9. The second kappa shape index (κ2) is 7.85. The van der Waals surface area contributed by atoms with Crippen LogP contribution in [0.2, 0.25) is 0 Å². The van der Waals surface area contributed by atoms with Crippen LogP contribution in [0, 0.1) is 6.92 Å². The molecule has 7 rings (SSSR count). The highest BCUT2D eigenvalue weighted by Crippen LogP contribution is 2.45. The zero-order chi connectivity index (χ0) is 22.6. The molecular formula is C26H25N7S. The minimum absolute atomic E-state index is 0.585. The highest BCUT2D eigenvalue weighted by atomic mass is 32.1. The van der Waals surface area contributed by atoms with Gasteiger partial charge in [-0.05, 0) is 55.5 Å². The first kappa shape index (κ1) is 20.1. The summed E-state index contributed by atoms with van der Waals surface area (Å²) in [6.07, 6.45) is 8.22. The van der Waals surface area contributed by atoms with Gasteiger partial charge in [0.2, 0.25) is 0 Å². The van der Waals surface area contributed by atoms with E-state index in [-0.39, 0.29) is 0 Å². The molecule has 1 aliphatic carbocycles. The molecule has 5 aromatic rings. The number of anilines is 1. The number of fused-ring (bicyclic) bond motifs is 2. The number of aryl methyl sites for hydroxylation is 1. The summed E-state index contributed by atoms with van der Waals surface area (Å²) in [4.78, 5) is 27.8. The molecular weight excluding hydrogens is 442 g/mol. The molecule has 1 saturated heterocycles. The average molecular weight is 468 g/mol. The first-order chi connectivity index (χ1) is 16.7. The normalized spacial score (nSPS) is 16.6. The maximum Gasteiger partial charge on any atom is 0.163 e. The Balaban J connectivity index is 1.43. The molecule has 5 aromatic heterocycles. The van der Waals surface area contributed by atoms with Gasteiger partial charge < -0.3 is 15.2 Å². The molecule has 8 heteroatoms. The largest absolute Gasteiger partial charge is 0.353 e. The lowest BCUT2D eigenvalue weighted by Gasteiger charge is -2.30. The van der Waals surface area contributed by atoms with Gasteiger partial charge in [0.15, 0.2) is 5.82 Å². The smallest absolute Gasteiger partial charge is 0.163 e. The summed E-state index contributed by atoms with van der Waals surface area (Å²) >= 11 is 1.78. The van der Waals surface area contributed by atoms with Crippen molar-refractivity contribution in [1.82, 2.24) is 30.2 Å². The standard InChI is InChI=1S/C26H25N7S/c1-15-2-5-22(34-15)20-12-18-17(6-7-29-24(18)30-20)25-31-21-14-28-13-19(16-3-4-16)23(21)26(32-25)33-10-8-27-9-11-33/h2,5-7,12-14,16,27H,3-4,8-11H2,1H3,(H,29,30). The molecule has 0 spiro atoms. The molecule has 34 heavy (non-hydrogen) atoms. The van der Waals surface area contributed by atoms with Crippen molar-refractivity contribution >= 4 is 39.1 Å². The number of hydrogen-bond donors (Lipinski definition) is 2. The van der Waals surface area contributed by atoms with Crippen molar-refractivity contribution in [3.63, 3.8) is 0 Å². The van der Waals surface area contributed by atoms with E-state index >= 15 is 0 Å². The summed E-state index contributed by atoms with van der Waals surface area (Å²) < 4.78 is 0. The van der Waals surface area contributed by atoms with Crippen LogP contribution in [-0.4, -0.2) is 51.1 Å². The van der Waals surface area contributed by atoms with Crippen molar-refractivity contribution in [2.45, 2.75) is 25.7 Å². The minimum Gasteiger partial charge on any atom is -0.353 e. The number of thiophene rings is 1. The van der Waals surface area contributed by atoms with E-state index < -0.39 is 0 Å².